The zero-order valence-electron chi connectivity index (χ0n) is 7.40. The Labute approximate surface area is 108 Å². The molecule has 0 N–H and O–H groups in total. The van der Waals surface area contributed by atoms with Crippen LogP contribution in [0.5, 0.6) is 0 Å². The summed E-state index contributed by atoms with van der Waals surface area (Å²) >= 11 is 9.67. The van der Waals surface area contributed by atoms with E-state index in [-0.39, 0.29) is 9.25 Å². The van der Waals surface area contributed by atoms with Gasteiger partial charge in [0.2, 0.25) is 0 Å². The van der Waals surface area contributed by atoms with E-state index in [9.17, 15) is 0 Å². The van der Waals surface area contributed by atoms with Crippen molar-refractivity contribution in [1.29, 1.82) is 0 Å². The molecule has 2 radical (unpaired) electrons. The Kier molecular flexibility index (Phi) is 2.89. The third-order valence-electron chi connectivity index (χ3n) is 2.08. The first kappa shape index (κ1) is 10.8. The van der Waals surface area contributed by atoms with Crippen molar-refractivity contribution in [3.63, 3.8) is 0 Å². The SMILES string of the molecule is CC1=NC([Se])([Se])C2C=CC=C(Br)C2=N1. The molecule has 0 aromatic heterocycles. The summed E-state index contributed by atoms with van der Waals surface area (Å²) in [5.74, 6) is 0.986. The number of halogens is 1. The van der Waals surface area contributed by atoms with Crippen LogP contribution in [-0.4, -0.2) is 46.9 Å². The molecule has 1 aliphatic carbocycles. The minimum atomic E-state index is -0.328. The fourth-order valence-corrected chi connectivity index (χ4v) is 3.33. The van der Waals surface area contributed by atoms with E-state index in [1.807, 2.05) is 19.1 Å². The summed E-state index contributed by atoms with van der Waals surface area (Å²) in [4.78, 5) is 8.89. The molecule has 1 atom stereocenters. The monoisotopic (exact) mass is 382 g/mol. The van der Waals surface area contributed by atoms with Gasteiger partial charge in [0.25, 0.3) is 0 Å². The van der Waals surface area contributed by atoms with Crippen LogP contribution in [0.1, 0.15) is 6.92 Å². The van der Waals surface area contributed by atoms with E-state index in [0.29, 0.717) is 0 Å². The average Bonchev–Trinajstić information content (AvgIpc) is 2.05. The summed E-state index contributed by atoms with van der Waals surface area (Å²) in [6.07, 6.45) is 6.13. The Hall–Kier alpha value is 0.339. The predicted octanol–water partition coefficient (Wildman–Crippen LogP) is 1.31. The molecule has 2 rings (SSSR count). The molecule has 0 aromatic carbocycles. The van der Waals surface area contributed by atoms with E-state index < -0.39 is 0 Å². The summed E-state index contributed by atoms with van der Waals surface area (Å²) in [7, 11) is 0. The first-order valence-electron chi connectivity index (χ1n) is 4.11. The third kappa shape index (κ3) is 1.84. The molecule has 0 bridgehead atoms. The number of rotatable bonds is 0. The van der Waals surface area contributed by atoms with Crippen molar-refractivity contribution in [2.45, 2.75) is 10.3 Å². The number of hydrogen-bond donors (Lipinski definition) is 0. The van der Waals surface area contributed by atoms with Crippen molar-refractivity contribution in [2.24, 2.45) is 15.9 Å². The van der Waals surface area contributed by atoms with Gasteiger partial charge < -0.3 is 0 Å². The minimum absolute atomic E-state index is 0.186. The molecule has 2 aliphatic rings. The van der Waals surface area contributed by atoms with Gasteiger partial charge in [-0.3, -0.25) is 0 Å². The van der Waals surface area contributed by atoms with E-state index in [1.165, 1.54) is 0 Å². The first-order valence-corrected chi connectivity index (χ1v) is 6.61. The molecule has 0 aromatic rings. The van der Waals surface area contributed by atoms with E-state index in [0.717, 1.165) is 16.0 Å². The Morgan fingerprint density at radius 3 is 2.93 bits per heavy atom. The zero-order chi connectivity index (χ0) is 10.3. The third-order valence-corrected chi connectivity index (χ3v) is 4.20. The molecule has 1 unspecified atom stereocenters. The normalized spacial score (nSPS) is 28.9. The molecule has 5 heteroatoms. The van der Waals surface area contributed by atoms with E-state index in [2.05, 4.69) is 64.0 Å². The van der Waals surface area contributed by atoms with Crippen LogP contribution in [0.25, 0.3) is 0 Å². The second kappa shape index (κ2) is 3.73. The predicted molar refractivity (Wildman–Crippen MR) is 64.4 cm³/mol. The van der Waals surface area contributed by atoms with Crippen molar-refractivity contribution in [1.82, 2.24) is 0 Å². The van der Waals surface area contributed by atoms with Crippen molar-refractivity contribution < 1.29 is 0 Å². The summed E-state index contributed by atoms with van der Waals surface area (Å²) in [6, 6.07) is 0. The molecule has 0 saturated carbocycles. The number of allylic oxidation sites excluding steroid dienone is 3. The Morgan fingerprint density at radius 1 is 1.50 bits per heavy atom. The van der Waals surface area contributed by atoms with E-state index in [1.54, 1.807) is 0 Å². The van der Waals surface area contributed by atoms with Gasteiger partial charge in [0, 0.05) is 0 Å². The van der Waals surface area contributed by atoms with Crippen LogP contribution in [0.15, 0.2) is 32.7 Å². The van der Waals surface area contributed by atoms with Crippen molar-refractivity contribution in [3.05, 3.63) is 22.7 Å². The van der Waals surface area contributed by atoms with Crippen LogP contribution in [0.4, 0.5) is 0 Å². The van der Waals surface area contributed by atoms with Gasteiger partial charge in [-0.05, 0) is 0 Å². The van der Waals surface area contributed by atoms with E-state index in [4.69, 9.17) is 0 Å². The fourth-order valence-electron chi connectivity index (χ4n) is 1.49. The van der Waals surface area contributed by atoms with Gasteiger partial charge in [0.1, 0.15) is 0 Å². The standard InChI is InChI=1S/C9H7BrN2Se2/c1-5-11-8-6(9(13,14)12-5)3-2-4-7(8)10/h2-4,6H,1H3. The van der Waals surface area contributed by atoms with E-state index >= 15 is 0 Å². The Morgan fingerprint density at radius 2 is 2.21 bits per heavy atom. The van der Waals surface area contributed by atoms with Gasteiger partial charge in [-0.1, -0.05) is 0 Å². The fraction of sp³-hybridized carbons (Fsp3) is 0.333. The topological polar surface area (TPSA) is 24.7 Å². The van der Waals surface area contributed by atoms with Gasteiger partial charge >= 0.3 is 108 Å². The molecule has 1 aliphatic heterocycles. The molecule has 0 amide bonds. The molecule has 0 saturated heterocycles. The van der Waals surface area contributed by atoms with Gasteiger partial charge in [0.05, 0.1) is 0 Å². The van der Waals surface area contributed by atoms with Crippen molar-refractivity contribution in [3.8, 4) is 0 Å². The number of hydrogen-bond acceptors (Lipinski definition) is 2. The molecule has 0 fully saturated rings. The summed E-state index contributed by atoms with van der Waals surface area (Å²) in [5.41, 5.74) is 1.04. The molecule has 2 nitrogen and oxygen atoms in total. The molecule has 0 spiro atoms. The van der Waals surface area contributed by atoms with Crippen LogP contribution in [0.3, 0.4) is 0 Å². The number of amidine groups is 1. The van der Waals surface area contributed by atoms with Crippen LogP contribution < -0.4 is 0 Å². The molecule has 1 heterocycles. The van der Waals surface area contributed by atoms with Gasteiger partial charge in [-0.25, -0.2) is 0 Å². The molecule has 72 valence electrons. The maximum absolute atomic E-state index is 4.45. The van der Waals surface area contributed by atoms with Crippen molar-refractivity contribution >= 4 is 59.5 Å². The summed E-state index contributed by atoms with van der Waals surface area (Å²) in [5, 5.41) is 0. The van der Waals surface area contributed by atoms with Crippen LogP contribution in [0.2, 0.25) is 0 Å². The van der Waals surface area contributed by atoms with Gasteiger partial charge in [0.15, 0.2) is 0 Å². The van der Waals surface area contributed by atoms with Crippen LogP contribution >= 0.6 is 15.9 Å². The Balaban J connectivity index is 2.51. The Bertz CT molecular complexity index is 394. The van der Waals surface area contributed by atoms with Crippen LogP contribution in [-0.2, 0) is 0 Å². The van der Waals surface area contributed by atoms with Gasteiger partial charge in [-0.2, -0.15) is 0 Å². The molecule has 14 heavy (non-hydrogen) atoms. The molecular weight excluding hydrogens is 374 g/mol. The van der Waals surface area contributed by atoms with Crippen LogP contribution in [0, 0.1) is 5.92 Å². The summed E-state index contributed by atoms with van der Waals surface area (Å²) < 4.78 is 0.708. The molecular formula is C9H7BrN2Se2. The number of nitrogens with zero attached hydrogens (tertiary/aromatic N) is 2. The zero-order valence-corrected chi connectivity index (χ0v) is 12.4. The van der Waals surface area contributed by atoms with Gasteiger partial charge in [-0.15, -0.1) is 0 Å². The summed E-state index contributed by atoms with van der Waals surface area (Å²) in [6.45, 7) is 1.91. The number of fused-ring (bicyclic) bond motifs is 1. The average molecular weight is 381 g/mol. The quantitative estimate of drug-likeness (QED) is 0.566. The van der Waals surface area contributed by atoms with Crippen molar-refractivity contribution in [2.75, 3.05) is 0 Å². The number of aliphatic imine (C=N–C) groups is 2. The second-order valence-electron chi connectivity index (χ2n) is 3.16. The second-order valence-corrected chi connectivity index (χ2v) is 7.94. The maximum atomic E-state index is 4.45. The first-order chi connectivity index (χ1) is 6.50.